The van der Waals surface area contributed by atoms with E-state index in [1.165, 1.54) is 6.07 Å². The van der Waals surface area contributed by atoms with Gasteiger partial charge in [-0.05, 0) is 19.9 Å². The fourth-order valence-electron chi connectivity index (χ4n) is 1.31. The summed E-state index contributed by atoms with van der Waals surface area (Å²) in [5.74, 6) is -0.610. The molecule has 1 aromatic rings. The van der Waals surface area contributed by atoms with Crippen LogP contribution in [0, 0.1) is 6.92 Å². The SMILES string of the molecule is C=CCN(CC)c1nc(C)cc(C(=O)O)n1. The Bertz CT molecular complexity index is 404. The molecular formula is C11H15N3O2. The number of carboxylic acids is 1. The third-order valence-electron chi connectivity index (χ3n) is 2.08. The topological polar surface area (TPSA) is 66.3 Å². The molecule has 0 unspecified atom stereocenters. The van der Waals surface area contributed by atoms with Gasteiger partial charge in [-0.1, -0.05) is 6.08 Å². The molecule has 0 aliphatic rings. The number of hydrogen-bond acceptors (Lipinski definition) is 4. The van der Waals surface area contributed by atoms with Gasteiger partial charge in [0.25, 0.3) is 0 Å². The number of aromatic nitrogens is 2. The van der Waals surface area contributed by atoms with Crippen LogP contribution in [0.4, 0.5) is 5.95 Å². The third kappa shape index (κ3) is 2.79. The average Bonchev–Trinajstić information content (AvgIpc) is 2.24. The van der Waals surface area contributed by atoms with Crippen LogP contribution >= 0.6 is 0 Å². The van der Waals surface area contributed by atoms with Crippen LogP contribution in [0.15, 0.2) is 18.7 Å². The Hall–Kier alpha value is -1.91. The lowest BCUT2D eigenvalue weighted by Gasteiger charge is -2.19. The van der Waals surface area contributed by atoms with Crippen molar-refractivity contribution in [3.63, 3.8) is 0 Å². The summed E-state index contributed by atoms with van der Waals surface area (Å²) >= 11 is 0. The number of anilines is 1. The molecule has 0 radical (unpaired) electrons. The minimum Gasteiger partial charge on any atom is -0.477 e. The highest BCUT2D eigenvalue weighted by Crippen LogP contribution is 2.10. The number of nitrogens with zero attached hydrogens (tertiary/aromatic N) is 3. The smallest absolute Gasteiger partial charge is 0.354 e. The van der Waals surface area contributed by atoms with E-state index >= 15 is 0 Å². The summed E-state index contributed by atoms with van der Waals surface area (Å²) in [4.78, 5) is 20.9. The highest BCUT2D eigenvalue weighted by atomic mass is 16.4. The second kappa shape index (κ2) is 5.25. The first kappa shape index (κ1) is 12.2. The summed E-state index contributed by atoms with van der Waals surface area (Å²) in [5.41, 5.74) is 0.662. The van der Waals surface area contributed by atoms with Gasteiger partial charge in [-0.15, -0.1) is 6.58 Å². The van der Waals surface area contributed by atoms with E-state index < -0.39 is 5.97 Å². The Morgan fingerprint density at radius 3 is 2.81 bits per heavy atom. The number of aryl methyl sites for hydroxylation is 1. The molecule has 0 aliphatic carbocycles. The van der Waals surface area contributed by atoms with Crippen molar-refractivity contribution in [1.29, 1.82) is 0 Å². The van der Waals surface area contributed by atoms with Crippen molar-refractivity contribution < 1.29 is 9.90 Å². The van der Waals surface area contributed by atoms with Gasteiger partial charge in [-0.2, -0.15) is 0 Å². The third-order valence-corrected chi connectivity index (χ3v) is 2.08. The standard InChI is InChI=1S/C11H15N3O2/c1-4-6-14(5-2)11-12-8(3)7-9(13-11)10(15)16/h4,7H,1,5-6H2,2-3H3,(H,15,16). The fraction of sp³-hybridized carbons (Fsp3) is 0.364. The maximum atomic E-state index is 10.8. The molecule has 1 aromatic heterocycles. The fourth-order valence-corrected chi connectivity index (χ4v) is 1.31. The molecule has 0 bridgehead atoms. The molecule has 0 fully saturated rings. The van der Waals surface area contributed by atoms with E-state index in [0.717, 1.165) is 0 Å². The molecule has 0 aliphatic heterocycles. The van der Waals surface area contributed by atoms with E-state index in [9.17, 15) is 4.79 Å². The largest absolute Gasteiger partial charge is 0.477 e. The average molecular weight is 221 g/mol. The Labute approximate surface area is 94.5 Å². The summed E-state index contributed by atoms with van der Waals surface area (Å²) in [5, 5.41) is 8.89. The molecule has 0 atom stereocenters. The zero-order valence-electron chi connectivity index (χ0n) is 9.47. The summed E-state index contributed by atoms with van der Waals surface area (Å²) < 4.78 is 0. The van der Waals surface area contributed by atoms with Crippen LogP contribution in [0.25, 0.3) is 0 Å². The van der Waals surface area contributed by atoms with E-state index in [1.807, 2.05) is 11.8 Å². The van der Waals surface area contributed by atoms with Crippen molar-refractivity contribution in [2.24, 2.45) is 0 Å². The zero-order valence-corrected chi connectivity index (χ0v) is 9.47. The quantitative estimate of drug-likeness (QED) is 0.763. The lowest BCUT2D eigenvalue weighted by molar-refractivity contribution is 0.0690. The van der Waals surface area contributed by atoms with E-state index in [-0.39, 0.29) is 5.69 Å². The molecular weight excluding hydrogens is 206 g/mol. The lowest BCUT2D eigenvalue weighted by atomic mass is 10.3. The van der Waals surface area contributed by atoms with Gasteiger partial charge in [-0.25, -0.2) is 14.8 Å². The number of hydrogen-bond donors (Lipinski definition) is 1. The molecule has 0 saturated heterocycles. The van der Waals surface area contributed by atoms with Crippen LogP contribution in [-0.2, 0) is 0 Å². The molecule has 86 valence electrons. The monoisotopic (exact) mass is 221 g/mol. The first-order valence-electron chi connectivity index (χ1n) is 5.03. The van der Waals surface area contributed by atoms with E-state index in [4.69, 9.17) is 5.11 Å². The molecule has 0 saturated carbocycles. The van der Waals surface area contributed by atoms with E-state index in [0.29, 0.717) is 24.7 Å². The highest BCUT2D eigenvalue weighted by Gasteiger charge is 2.12. The molecule has 5 heteroatoms. The molecule has 1 N–H and O–H groups in total. The normalized spacial score (nSPS) is 9.88. The van der Waals surface area contributed by atoms with Crippen LogP contribution < -0.4 is 4.90 Å². The minimum atomic E-state index is -1.04. The number of carbonyl (C=O) groups is 1. The van der Waals surface area contributed by atoms with Crippen molar-refractivity contribution in [2.45, 2.75) is 13.8 Å². The van der Waals surface area contributed by atoms with E-state index in [2.05, 4.69) is 16.5 Å². The molecule has 1 heterocycles. The maximum Gasteiger partial charge on any atom is 0.354 e. The molecule has 1 rings (SSSR count). The number of likely N-dealkylation sites (N-methyl/N-ethyl adjacent to an activating group) is 1. The predicted molar refractivity (Wildman–Crippen MR) is 61.8 cm³/mol. The predicted octanol–water partition coefficient (Wildman–Crippen LogP) is 1.50. The maximum absolute atomic E-state index is 10.8. The van der Waals surface area contributed by atoms with Gasteiger partial charge in [0.2, 0.25) is 5.95 Å². The van der Waals surface area contributed by atoms with Gasteiger partial charge in [0, 0.05) is 18.8 Å². The molecule has 16 heavy (non-hydrogen) atoms. The van der Waals surface area contributed by atoms with Gasteiger partial charge >= 0.3 is 5.97 Å². The lowest BCUT2D eigenvalue weighted by Crippen LogP contribution is -2.25. The first-order chi connectivity index (χ1) is 7.58. The number of rotatable bonds is 5. The minimum absolute atomic E-state index is 0.0185. The van der Waals surface area contributed by atoms with Gasteiger partial charge < -0.3 is 10.0 Å². The first-order valence-corrected chi connectivity index (χ1v) is 5.03. The summed E-state index contributed by atoms with van der Waals surface area (Å²) in [6, 6.07) is 1.45. The summed E-state index contributed by atoms with van der Waals surface area (Å²) in [6.07, 6.45) is 1.73. The molecule has 0 amide bonds. The Morgan fingerprint density at radius 1 is 1.62 bits per heavy atom. The number of carboxylic acid groups (broad SMARTS) is 1. The number of aromatic carboxylic acids is 1. The summed E-state index contributed by atoms with van der Waals surface area (Å²) in [6.45, 7) is 8.64. The van der Waals surface area contributed by atoms with E-state index in [1.54, 1.807) is 13.0 Å². The molecule has 5 nitrogen and oxygen atoms in total. The second-order valence-corrected chi connectivity index (χ2v) is 3.33. The van der Waals surface area contributed by atoms with Crippen LogP contribution in [0.1, 0.15) is 23.1 Å². The van der Waals surface area contributed by atoms with Crippen molar-refractivity contribution in [3.8, 4) is 0 Å². The van der Waals surface area contributed by atoms with Gasteiger partial charge in [0.05, 0.1) is 0 Å². The highest BCUT2D eigenvalue weighted by molar-refractivity contribution is 5.85. The summed E-state index contributed by atoms with van der Waals surface area (Å²) in [7, 11) is 0. The Balaban J connectivity index is 3.11. The van der Waals surface area contributed by atoms with Crippen molar-refractivity contribution in [3.05, 3.63) is 30.1 Å². The zero-order chi connectivity index (χ0) is 12.1. The van der Waals surface area contributed by atoms with Gasteiger partial charge in [0.15, 0.2) is 5.69 Å². The second-order valence-electron chi connectivity index (χ2n) is 3.33. The van der Waals surface area contributed by atoms with Crippen molar-refractivity contribution >= 4 is 11.9 Å². The van der Waals surface area contributed by atoms with Crippen LogP contribution in [0.5, 0.6) is 0 Å². The molecule has 0 spiro atoms. The molecule has 0 aromatic carbocycles. The van der Waals surface area contributed by atoms with Crippen molar-refractivity contribution in [1.82, 2.24) is 9.97 Å². The van der Waals surface area contributed by atoms with Crippen LogP contribution in [0.2, 0.25) is 0 Å². The van der Waals surface area contributed by atoms with Gasteiger partial charge in [0.1, 0.15) is 0 Å². The van der Waals surface area contributed by atoms with Crippen molar-refractivity contribution in [2.75, 3.05) is 18.0 Å². The Morgan fingerprint density at radius 2 is 2.31 bits per heavy atom. The van der Waals surface area contributed by atoms with Crippen LogP contribution in [0.3, 0.4) is 0 Å². The van der Waals surface area contributed by atoms with Gasteiger partial charge in [-0.3, -0.25) is 0 Å². The van der Waals surface area contributed by atoms with Crippen LogP contribution in [-0.4, -0.2) is 34.1 Å². The Kier molecular flexibility index (Phi) is 3.99.